The van der Waals surface area contributed by atoms with Gasteiger partial charge in [0.1, 0.15) is 0 Å². The summed E-state index contributed by atoms with van der Waals surface area (Å²) in [5.74, 6) is 0. The fraction of sp³-hybridized carbons (Fsp3) is 0.200. The second kappa shape index (κ2) is 4.89. The Bertz CT molecular complexity index is 792. The van der Waals surface area contributed by atoms with Gasteiger partial charge in [0.25, 0.3) is 0 Å². The average Bonchev–Trinajstić information content (AvgIpc) is 2.73. The van der Waals surface area contributed by atoms with Gasteiger partial charge in [-0.25, -0.2) is 4.68 Å². The zero-order chi connectivity index (χ0) is 14.3. The van der Waals surface area contributed by atoms with Crippen molar-refractivity contribution in [3.63, 3.8) is 0 Å². The predicted molar refractivity (Wildman–Crippen MR) is 81.2 cm³/mol. The van der Waals surface area contributed by atoms with Gasteiger partial charge < -0.3 is 5.73 Å². The lowest BCUT2D eigenvalue weighted by Gasteiger charge is -2.13. The molecule has 0 saturated carbocycles. The van der Waals surface area contributed by atoms with Gasteiger partial charge in [-0.1, -0.05) is 29.8 Å². The molecule has 1 aromatic carbocycles. The molecule has 0 radical (unpaired) electrons. The van der Waals surface area contributed by atoms with E-state index in [1.807, 2.05) is 49.0 Å². The van der Waals surface area contributed by atoms with Crippen LogP contribution < -0.4 is 5.73 Å². The molecule has 0 atom stereocenters. The summed E-state index contributed by atoms with van der Waals surface area (Å²) in [4.78, 5) is 4.44. The predicted octanol–water partition coefficient (Wildman–Crippen LogP) is 3.15. The van der Waals surface area contributed by atoms with E-state index in [2.05, 4.69) is 10.1 Å². The lowest BCUT2D eigenvalue weighted by molar-refractivity contribution is 0.822. The molecule has 0 aliphatic rings. The standard InChI is InChI=1S/C15H15ClN4/c1-9-14(16)10(2)20(19-9)15-11(7-17)8-18-13-6-4-3-5-12(13)15/h3-6,8H,7,17H2,1-2H3. The van der Waals surface area contributed by atoms with Gasteiger partial charge in [0.2, 0.25) is 0 Å². The number of fused-ring (bicyclic) bond motifs is 1. The number of halogens is 1. The quantitative estimate of drug-likeness (QED) is 0.787. The average molecular weight is 287 g/mol. The molecule has 3 rings (SSSR count). The Hall–Kier alpha value is -1.91. The van der Waals surface area contributed by atoms with Crippen LogP contribution in [0.4, 0.5) is 0 Å². The minimum absolute atomic E-state index is 0.406. The van der Waals surface area contributed by atoms with E-state index < -0.39 is 0 Å². The zero-order valence-electron chi connectivity index (χ0n) is 11.4. The lowest BCUT2D eigenvalue weighted by atomic mass is 10.1. The van der Waals surface area contributed by atoms with E-state index in [1.165, 1.54) is 0 Å². The largest absolute Gasteiger partial charge is 0.326 e. The zero-order valence-corrected chi connectivity index (χ0v) is 12.1. The number of hydrogen-bond acceptors (Lipinski definition) is 3. The molecule has 3 aromatic rings. The van der Waals surface area contributed by atoms with E-state index >= 15 is 0 Å². The molecule has 102 valence electrons. The number of para-hydroxylation sites is 1. The van der Waals surface area contributed by atoms with Crippen molar-refractivity contribution in [3.05, 3.63) is 52.4 Å². The molecule has 0 saturated heterocycles. The first-order chi connectivity index (χ1) is 9.63. The Labute approximate surface area is 122 Å². The third-order valence-corrected chi connectivity index (χ3v) is 4.00. The van der Waals surface area contributed by atoms with Crippen molar-refractivity contribution in [2.24, 2.45) is 5.73 Å². The smallest absolute Gasteiger partial charge is 0.0848 e. The summed E-state index contributed by atoms with van der Waals surface area (Å²) in [7, 11) is 0. The molecule has 0 aliphatic carbocycles. The molecule has 0 aliphatic heterocycles. The number of aromatic nitrogens is 3. The van der Waals surface area contributed by atoms with Gasteiger partial charge in [-0.05, 0) is 19.9 Å². The molecule has 20 heavy (non-hydrogen) atoms. The highest BCUT2D eigenvalue weighted by atomic mass is 35.5. The number of aryl methyl sites for hydroxylation is 1. The van der Waals surface area contributed by atoms with Crippen molar-refractivity contribution in [2.75, 3.05) is 0 Å². The van der Waals surface area contributed by atoms with E-state index in [4.69, 9.17) is 17.3 Å². The van der Waals surface area contributed by atoms with Crippen LogP contribution >= 0.6 is 11.6 Å². The highest BCUT2D eigenvalue weighted by Gasteiger charge is 2.16. The normalized spacial score (nSPS) is 11.2. The number of hydrogen-bond donors (Lipinski definition) is 1. The van der Waals surface area contributed by atoms with Crippen LogP contribution in [0.2, 0.25) is 5.02 Å². The fourth-order valence-corrected chi connectivity index (χ4v) is 2.53. The number of nitrogens with zero attached hydrogens (tertiary/aromatic N) is 3. The third-order valence-electron chi connectivity index (χ3n) is 3.46. The molecule has 0 fully saturated rings. The van der Waals surface area contributed by atoms with E-state index in [0.29, 0.717) is 11.6 Å². The Morgan fingerprint density at radius 3 is 2.65 bits per heavy atom. The van der Waals surface area contributed by atoms with E-state index in [9.17, 15) is 0 Å². The van der Waals surface area contributed by atoms with Crippen molar-refractivity contribution in [1.29, 1.82) is 0 Å². The highest BCUT2D eigenvalue weighted by Crippen LogP contribution is 2.28. The van der Waals surface area contributed by atoms with Crippen LogP contribution in [0, 0.1) is 13.8 Å². The molecule has 0 unspecified atom stereocenters. The number of rotatable bonds is 2. The second-order valence-electron chi connectivity index (χ2n) is 4.75. The molecular formula is C15H15ClN4. The maximum Gasteiger partial charge on any atom is 0.0848 e. The molecule has 0 amide bonds. The van der Waals surface area contributed by atoms with E-state index in [-0.39, 0.29) is 0 Å². The summed E-state index contributed by atoms with van der Waals surface area (Å²) in [5.41, 5.74) is 10.4. The van der Waals surface area contributed by atoms with Gasteiger partial charge in [-0.2, -0.15) is 5.10 Å². The topological polar surface area (TPSA) is 56.7 Å². The molecule has 0 bridgehead atoms. The SMILES string of the molecule is Cc1nn(-c2c(CN)cnc3ccccc23)c(C)c1Cl. The van der Waals surface area contributed by atoms with Gasteiger partial charge in [-0.3, -0.25) is 4.98 Å². The van der Waals surface area contributed by atoms with Crippen LogP contribution in [0.25, 0.3) is 16.6 Å². The summed E-state index contributed by atoms with van der Waals surface area (Å²) in [5, 5.41) is 6.25. The van der Waals surface area contributed by atoms with E-state index in [0.717, 1.165) is 33.5 Å². The first-order valence-electron chi connectivity index (χ1n) is 6.42. The van der Waals surface area contributed by atoms with Gasteiger partial charge in [0.15, 0.2) is 0 Å². The minimum Gasteiger partial charge on any atom is -0.326 e. The van der Waals surface area contributed by atoms with Crippen molar-refractivity contribution in [1.82, 2.24) is 14.8 Å². The molecule has 4 nitrogen and oxygen atoms in total. The van der Waals surface area contributed by atoms with Crippen molar-refractivity contribution in [3.8, 4) is 5.69 Å². The maximum atomic E-state index is 6.26. The van der Waals surface area contributed by atoms with Gasteiger partial charge in [-0.15, -0.1) is 0 Å². The van der Waals surface area contributed by atoms with Crippen molar-refractivity contribution >= 4 is 22.5 Å². The van der Waals surface area contributed by atoms with Gasteiger partial charge in [0, 0.05) is 23.7 Å². The molecule has 5 heteroatoms. The molecule has 0 spiro atoms. The number of pyridine rings is 1. The van der Waals surface area contributed by atoms with Crippen LogP contribution in [0.5, 0.6) is 0 Å². The maximum absolute atomic E-state index is 6.26. The summed E-state index contributed by atoms with van der Waals surface area (Å²) in [6.07, 6.45) is 1.81. The monoisotopic (exact) mass is 286 g/mol. The lowest BCUT2D eigenvalue weighted by Crippen LogP contribution is -2.08. The van der Waals surface area contributed by atoms with Gasteiger partial charge >= 0.3 is 0 Å². The summed E-state index contributed by atoms with van der Waals surface area (Å²) >= 11 is 6.26. The van der Waals surface area contributed by atoms with Crippen LogP contribution in [0.15, 0.2) is 30.5 Å². The summed E-state index contributed by atoms with van der Waals surface area (Å²) in [6, 6.07) is 7.96. The first-order valence-corrected chi connectivity index (χ1v) is 6.80. The Morgan fingerprint density at radius 1 is 1.25 bits per heavy atom. The Kier molecular flexibility index (Phi) is 3.20. The molecular weight excluding hydrogens is 272 g/mol. The van der Waals surface area contributed by atoms with Gasteiger partial charge in [0.05, 0.1) is 27.6 Å². The Balaban J connectivity index is 2.41. The fourth-order valence-electron chi connectivity index (χ4n) is 2.41. The van der Waals surface area contributed by atoms with Crippen molar-refractivity contribution in [2.45, 2.75) is 20.4 Å². The third kappa shape index (κ3) is 1.88. The molecule has 2 aromatic heterocycles. The van der Waals surface area contributed by atoms with Crippen LogP contribution in [-0.4, -0.2) is 14.8 Å². The minimum atomic E-state index is 0.406. The number of benzene rings is 1. The van der Waals surface area contributed by atoms with Crippen LogP contribution in [0.3, 0.4) is 0 Å². The van der Waals surface area contributed by atoms with Crippen LogP contribution in [-0.2, 0) is 6.54 Å². The molecule has 2 heterocycles. The van der Waals surface area contributed by atoms with E-state index in [1.54, 1.807) is 0 Å². The van der Waals surface area contributed by atoms with Crippen molar-refractivity contribution < 1.29 is 0 Å². The number of nitrogens with two attached hydrogens (primary N) is 1. The summed E-state index contributed by atoms with van der Waals surface area (Å²) < 4.78 is 1.86. The Morgan fingerprint density at radius 2 is 2.00 bits per heavy atom. The molecule has 2 N–H and O–H groups in total. The second-order valence-corrected chi connectivity index (χ2v) is 5.13. The highest BCUT2D eigenvalue weighted by molar-refractivity contribution is 6.31. The van der Waals surface area contributed by atoms with Crippen LogP contribution in [0.1, 0.15) is 17.0 Å². The first kappa shape index (κ1) is 13.1. The summed E-state index contributed by atoms with van der Waals surface area (Å²) in [6.45, 7) is 4.26.